The number of carbonyl (C=O) groups excluding carboxylic acids is 1. The van der Waals surface area contributed by atoms with Crippen molar-refractivity contribution < 1.29 is 23.0 Å². The van der Waals surface area contributed by atoms with Gasteiger partial charge < -0.3 is 19.7 Å². The molecule has 1 aliphatic heterocycles. The molecule has 1 saturated heterocycles. The molecule has 7 heteroatoms. The Hall–Kier alpha value is -1.73. The Kier molecular flexibility index (Phi) is 6.29. The third-order valence-electron chi connectivity index (χ3n) is 3.82. The largest absolute Gasteiger partial charge is 0.382 e. The van der Waals surface area contributed by atoms with E-state index in [0.29, 0.717) is 32.7 Å². The first-order valence-corrected chi connectivity index (χ1v) is 7.66. The molecule has 23 heavy (non-hydrogen) atoms. The third-order valence-corrected chi connectivity index (χ3v) is 3.82. The van der Waals surface area contributed by atoms with Crippen LogP contribution < -0.4 is 5.32 Å². The zero-order chi connectivity index (χ0) is 16.8. The Balaban J connectivity index is 2.01. The zero-order valence-electron chi connectivity index (χ0n) is 13.4. The second-order valence-corrected chi connectivity index (χ2v) is 5.47. The molecule has 0 unspecified atom stereocenters. The molecule has 1 fully saturated rings. The van der Waals surface area contributed by atoms with Gasteiger partial charge in [-0.15, -0.1) is 0 Å². The highest BCUT2D eigenvalue weighted by atomic mass is 19.1. The molecular weight excluding hydrogens is 306 g/mol. The molecule has 2 amide bonds. The topological polar surface area (TPSA) is 50.8 Å². The lowest BCUT2D eigenvalue weighted by Crippen LogP contribution is -2.51. The highest BCUT2D eigenvalue weighted by Gasteiger charge is 2.26. The van der Waals surface area contributed by atoms with Crippen LogP contribution in [0.1, 0.15) is 24.9 Å². The number of halogens is 2. The van der Waals surface area contributed by atoms with Gasteiger partial charge in [-0.2, -0.15) is 0 Å². The Labute approximate surface area is 134 Å². The zero-order valence-corrected chi connectivity index (χ0v) is 13.4. The van der Waals surface area contributed by atoms with Crippen molar-refractivity contribution in [2.24, 2.45) is 0 Å². The van der Waals surface area contributed by atoms with Crippen molar-refractivity contribution >= 4 is 6.03 Å². The summed E-state index contributed by atoms with van der Waals surface area (Å²) < 4.78 is 37.5. The molecule has 0 saturated carbocycles. The molecule has 5 nitrogen and oxygen atoms in total. The molecular formula is C16H22F2N2O3. The van der Waals surface area contributed by atoms with Gasteiger partial charge in [0, 0.05) is 25.3 Å². The summed E-state index contributed by atoms with van der Waals surface area (Å²) in [5.74, 6) is -1.29. The van der Waals surface area contributed by atoms with E-state index in [0.717, 1.165) is 6.07 Å². The van der Waals surface area contributed by atoms with Gasteiger partial charge in [0.1, 0.15) is 11.6 Å². The number of benzene rings is 1. The molecule has 128 valence electrons. The number of carbonyl (C=O) groups is 1. The number of methoxy groups -OCH3 is 1. The molecule has 0 spiro atoms. The van der Waals surface area contributed by atoms with Gasteiger partial charge in [0.2, 0.25) is 0 Å². The summed E-state index contributed by atoms with van der Waals surface area (Å²) in [5, 5.41) is 2.80. The van der Waals surface area contributed by atoms with Crippen LogP contribution in [0, 0.1) is 11.6 Å². The van der Waals surface area contributed by atoms with Gasteiger partial charge in [-0.3, -0.25) is 0 Å². The lowest BCUT2D eigenvalue weighted by Gasteiger charge is -2.33. The van der Waals surface area contributed by atoms with Crippen molar-refractivity contribution in [2.75, 3.05) is 33.4 Å². The Morgan fingerprint density at radius 1 is 1.52 bits per heavy atom. The second-order valence-electron chi connectivity index (χ2n) is 5.47. The molecule has 0 bridgehead atoms. The molecule has 1 aromatic rings. The number of hydrogen-bond donors (Lipinski definition) is 1. The van der Waals surface area contributed by atoms with Crippen LogP contribution in [0.15, 0.2) is 18.2 Å². The van der Waals surface area contributed by atoms with Crippen LogP contribution in [0.3, 0.4) is 0 Å². The van der Waals surface area contributed by atoms with E-state index in [1.54, 1.807) is 12.0 Å². The minimum absolute atomic E-state index is 0.165. The predicted octanol–water partition coefficient (Wildman–Crippen LogP) is 2.47. The lowest BCUT2D eigenvalue weighted by molar-refractivity contribution is -0.0496. The van der Waals surface area contributed by atoms with Crippen LogP contribution in [0.4, 0.5) is 13.6 Å². The van der Waals surface area contributed by atoms with E-state index < -0.39 is 17.7 Å². The molecule has 1 N–H and O–H groups in total. The van der Waals surface area contributed by atoms with Gasteiger partial charge in [0.05, 0.1) is 31.9 Å². The standard InChI is InChI=1S/C16H22F2N2O3/c1-3-15(13-5-4-11(17)8-14(13)18)19-16(21)20-6-7-23-12(9-20)10-22-2/h4-5,8,12,15H,3,6-7,9-10H2,1-2H3,(H,19,21)/t12-,15+/m1/s1. The quantitative estimate of drug-likeness (QED) is 0.903. The van der Waals surface area contributed by atoms with E-state index in [9.17, 15) is 13.6 Å². The smallest absolute Gasteiger partial charge is 0.318 e. The van der Waals surface area contributed by atoms with E-state index in [1.807, 2.05) is 6.92 Å². The van der Waals surface area contributed by atoms with Gasteiger partial charge in [-0.25, -0.2) is 13.6 Å². The number of hydrogen-bond acceptors (Lipinski definition) is 3. The lowest BCUT2D eigenvalue weighted by atomic mass is 10.0. The summed E-state index contributed by atoms with van der Waals surface area (Å²) in [4.78, 5) is 14.0. The highest BCUT2D eigenvalue weighted by molar-refractivity contribution is 5.75. The minimum Gasteiger partial charge on any atom is -0.382 e. The molecule has 0 radical (unpaired) electrons. The van der Waals surface area contributed by atoms with E-state index in [1.165, 1.54) is 12.1 Å². The predicted molar refractivity (Wildman–Crippen MR) is 81.1 cm³/mol. The number of ether oxygens (including phenoxy) is 2. The van der Waals surface area contributed by atoms with Gasteiger partial charge in [0.15, 0.2) is 0 Å². The summed E-state index contributed by atoms with van der Waals surface area (Å²) in [6, 6.07) is 2.59. The van der Waals surface area contributed by atoms with Gasteiger partial charge in [-0.1, -0.05) is 13.0 Å². The summed E-state index contributed by atoms with van der Waals surface area (Å²) in [6.07, 6.45) is 0.335. The molecule has 1 aliphatic rings. The Bertz CT molecular complexity index is 540. The van der Waals surface area contributed by atoms with E-state index in [2.05, 4.69) is 5.32 Å². The number of rotatable bonds is 5. The van der Waals surface area contributed by atoms with Crippen molar-refractivity contribution in [3.8, 4) is 0 Å². The minimum atomic E-state index is -0.656. The monoisotopic (exact) mass is 328 g/mol. The summed E-state index contributed by atoms with van der Waals surface area (Å²) in [7, 11) is 1.58. The number of urea groups is 1. The van der Waals surface area contributed by atoms with Crippen LogP contribution in [0.25, 0.3) is 0 Å². The normalized spacial score (nSPS) is 19.5. The number of nitrogens with zero attached hydrogens (tertiary/aromatic N) is 1. The fraction of sp³-hybridized carbons (Fsp3) is 0.562. The molecule has 0 aliphatic carbocycles. The van der Waals surface area contributed by atoms with Gasteiger partial charge in [-0.05, 0) is 12.5 Å². The van der Waals surface area contributed by atoms with Crippen molar-refractivity contribution in [3.63, 3.8) is 0 Å². The van der Waals surface area contributed by atoms with E-state index >= 15 is 0 Å². The SMILES string of the molecule is CC[C@H](NC(=O)N1CCO[C@@H](COC)C1)c1ccc(F)cc1F. The first-order valence-electron chi connectivity index (χ1n) is 7.66. The Morgan fingerprint density at radius 2 is 2.30 bits per heavy atom. The molecule has 1 aromatic carbocycles. The van der Waals surface area contributed by atoms with Gasteiger partial charge in [0.25, 0.3) is 0 Å². The molecule has 1 heterocycles. The summed E-state index contributed by atoms with van der Waals surface area (Å²) in [5.41, 5.74) is 0.281. The van der Waals surface area contributed by atoms with Crippen LogP contribution in [0.2, 0.25) is 0 Å². The van der Waals surface area contributed by atoms with Crippen LogP contribution in [0.5, 0.6) is 0 Å². The van der Waals surface area contributed by atoms with Crippen LogP contribution >= 0.6 is 0 Å². The van der Waals surface area contributed by atoms with Crippen molar-refractivity contribution in [2.45, 2.75) is 25.5 Å². The van der Waals surface area contributed by atoms with Crippen LogP contribution in [-0.4, -0.2) is 50.4 Å². The number of nitrogens with one attached hydrogen (secondary N) is 1. The van der Waals surface area contributed by atoms with E-state index in [-0.39, 0.29) is 17.7 Å². The Morgan fingerprint density at radius 3 is 2.96 bits per heavy atom. The maximum atomic E-state index is 13.9. The number of amides is 2. The maximum absolute atomic E-state index is 13.9. The van der Waals surface area contributed by atoms with Crippen molar-refractivity contribution in [1.29, 1.82) is 0 Å². The summed E-state index contributed by atoms with van der Waals surface area (Å²) in [6.45, 7) is 3.56. The van der Waals surface area contributed by atoms with E-state index in [4.69, 9.17) is 9.47 Å². The average molecular weight is 328 g/mol. The molecule has 2 rings (SSSR count). The fourth-order valence-corrected chi connectivity index (χ4v) is 2.61. The number of morpholine rings is 1. The molecule has 2 atom stereocenters. The summed E-state index contributed by atoms with van der Waals surface area (Å²) >= 11 is 0. The highest BCUT2D eigenvalue weighted by Crippen LogP contribution is 2.21. The third kappa shape index (κ3) is 4.62. The fourth-order valence-electron chi connectivity index (χ4n) is 2.61. The maximum Gasteiger partial charge on any atom is 0.318 e. The van der Waals surface area contributed by atoms with Gasteiger partial charge >= 0.3 is 6.03 Å². The van der Waals surface area contributed by atoms with Crippen molar-refractivity contribution in [1.82, 2.24) is 10.2 Å². The average Bonchev–Trinajstić information content (AvgIpc) is 2.53. The first-order chi connectivity index (χ1) is 11.0. The van der Waals surface area contributed by atoms with Crippen LogP contribution in [-0.2, 0) is 9.47 Å². The van der Waals surface area contributed by atoms with Crippen molar-refractivity contribution in [3.05, 3.63) is 35.4 Å². The first kappa shape index (κ1) is 17.6. The molecule has 0 aromatic heterocycles. The second kappa shape index (κ2) is 8.21.